The number of fused-ring (bicyclic) bond motifs is 2. The number of amides is 1. The van der Waals surface area contributed by atoms with E-state index in [1.807, 2.05) is 18.2 Å². The summed E-state index contributed by atoms with van der Waals surface area (Å²) in [6, 6.07) is 13.9. The van der Waals surface area contributed by atoms with E-state index in [2.05, 4.69) is 10.1 Å². The van der Waals surface area contributed by atoms with Crippen molar-refractivity contribution in [2.24, 2.45) is 0 Å². The molecule has 3 heterocycles. The Bertz CT molecular complexity index is 1660. The van der Waals surface area contributed by atoms with Crippen molar-refractivity contribution in [1.29, 1.82) is 0 Å². The Hall–Kier alpha value is -3.88. The van der Waals surface area contributed by atoms with Gasteiger partial charge in [0, 0.05) is 17.7 Å². The molecule has 2 fully saturated rings. The number of hydrogen-bond donors (Lipinski definition) is 1. The number of nitrogens with zero attached hydrogens (tertiary/aromatic N) is 3. The minimum atomic E-state index is -1.15. The van der Waals surface area contributed by atoms with Crippen molar-refractivity contribution in [1.82, 2.24) is 10.1 Å². The van der Waals surface area contributed by atoms with Crippen LogP contribution in [0.1, 0.15) is 59.0 Å². The molecule has 2 aromatic carbocycles. The second-order valence-corrected chi connectivity index (χ2v) is 11.0. The van der Waals surface area contributed by atoms with Gasteiger partial charge in [0.15, 0.2) is 0 Å². The molecule has 0 bridgehead atoms. The van der Waals surface area contributed by atoms with Crippen LogP contribution in [0.25, 0.3) is 11.3 Å². The van der Waals surface area contributed by atoms with Crippen LogP contribution in [0.2, 0.25) is 10.0 Å². The van der Waals surface area contributed by atoms with Gasteiger partial charge in [0.25, 0.3) is 0 Å². The highest BCUT2D eigenvalue weighted by atomic mass is 35.5. The Morgan fingerprint density at radius 2 is 1.90 bits per heavy atom. The number of rotatable bonds is 7. The van der Waals surface area contributed by atoms with Crippen molar-refractivity contribution < 1.29 is 24.0 Å². The molecular weight excluding hydrogens is 541 g/mol. The maximum atomic E-state index is 13.5. The first-order chi connectivity index (χ1) is 18.9. The summed E-state index contributed by atoms with van der Waals surface area (Å²) in [5.74, 6) is 0.472. The minimum Gasteiger partial charge on any atom is -0.489 e. The van der Waals surface area contributed by atoms with Crippen LogP contribution >= 0.6 is 23.2 Å². The van der Waals surface area contributed by atoms with Crippen LogP contribution in [0.4, 0.5) is 11.4 Å². The van der Waals surface area contributed by atoms with Crippen molar-refractivity contribution in [3.05, 3.63) is 87.4 Å². The largest absolute Gasteiger partial charge is 0.489 e. The average Bonchev–Trinajstić information content (AvgIpc) is 3.85. The zero-order valence-corrected chi connectivity index (χ0v) is 22.0. The Balaban J connectivity index is 1.22. The number of ether oxygens (including phenoxy) is 1. The lowest BCUT2D eigenvalue weighted by molar-refractivity contribution is -0.119. The maximum absolute atomic E-state index is 13.5. The summed E-state index contributed by atoms with van der Waals surface area (Å²) in [4.78, 5) is 30.5. The number of carbonyl (C=O) groups is 2. The molecule has 2 aliphatic carbocycles. The summed E-state index contributed by atoms with van der Waals surface area (Å²) in [5.41, 5.74) is 3.33. The van der Waals surface area contributed by atoms with Gasteiger partial charge in [0.2, 0.25) is 5.91 Å². The zero-order valence-electron chi connectivity index (χ0n) is 20.5. The Kier molecular flexibility index (Phi) is 5.47. The lowest BCUT2D eigenvalue weighted by atomic mass is 9.98. The van der Waals surface area contributed by atoms with Crippen LogP contribution in [0.3, 0.4) is 0 Å². The van der Waals surface area contributed by atoms with E-state index in [0.29, 0.717) is 38.7 Å². The Labute approximate surface area is 233 Å². The van der Waals surface area contributed by atoms with Crippen molar-refractivity contribution in [3.63, 3.8) is 0 Å². The number of aromatic carboxylic acids is 1. The highest BCUT2D eigenvalue weighted by molar-refractivity contribution is 6.39. The van der Waals surface area contributed by atoms with Gasteiger partial charge in [-0.25, -0.2) is 9.78 Å². The summed E-state index contributed by atoms with van der Waals surface area (Å²) < 4.78 is 12.0. The molecule has 2 saturated carbocycles. The van der Waals surface area contributed by atoms with Crippen LogP contribution in [-0.4, -0.2) is 27.1 Å². The highest BCUT2D eigenvalue weighted by Gasteiger charge is 2.59. The molecule has 1 amide bonds. The third-order valence-electron chi connectivity index (χ3n) is 7.66. The summed E-state index contributed by atoms with van der Waals surface area (Å²) in [6.45, 7) is 0.196. The molecular formula is C29H21Cl2N3O5. The number of benzene rings is 2. The third kappa shape index (κ3) is 3.89. The normalized spacial score (nSPS) is 17.0. The molecule has 0 atom stereocenters. The third-order valence-corrected chi connectivity index (χ3v) is 8.29. The molecule has 39 heavy (non-hydrogen) atoms. The van der Waals surface area contributed by atoms with Gasteiger partial charge in [0.05, 0.1) is 32.4 Å². The molecule has 3 aliphatic rings. The first kappa shape index (κ1) is 24.2. The van der Waals surface area contributed by atoms with Gasteiger partial charge >= 0.3 is 5.97 Å². The van der Waals surface area contributed by atoms with Gasteiger partial charge in [-0.15, -0.1) is 0 Å². The van der Waals surface area contributed by atoms with Crippen molar-refractivity contribution in [2.75, 3.05) is 4.90 Å². The zero-order chi connectivity index (χ0) is 26.9. The fourth-order valence-electron chi connectivity index (χ4n) is 5.37. The smallest absolute Gasteiger partial charge is 0.354 e. The van der Waals surface area contributed by atoms with E-state index < -0.39 is 11.4 Å². The fraction of sp³-hybridized carbons (Fsp3) is 0.241. The molecule has 1 N–H and O–H groups in total. The van der Waals surface area contributed by atoms with E-state index in [1.165, 1.54) is 12.3 Å². The molecule has 0 radical (unpaired) electrons. The number of anilines is 2. The van der Waals surface area contributed by atoms with Crippen LogP contribution < -0.4 is 9.64 Å². The van der Waals surface area contributed by atoms with Crippen molar-refractivity contribution >= 4 is 46.5 Å². The second kappa shape index (κ2) is 8.83. The first-order valence-electron chi connectivity index (χ1n) is 12.6. The van der Waals surface area contributed by atoms with E-state index in [4.69, 9.17) is 32.5 Å². The predicted octanol–water partition coefficient (Wildman–Crippen LogP) is 6.91. The maximum Gasteiger partial charge on any atom is 0.354 e. The van der Waals surface area contributed by atoms with Crippen LogP contribution in [0.5, 0.6) is 5.75 Å². The molecule has 0 unspecified atom stereocenters. The second-order valence-electron chi connectivity index (χ2n) is 10.1. The molecule has 2 aromatic heterocycles. The number of carbonyl (C=O) groups excluding carboxylic acids is 1. The molecule has 196 valence electrons. The van der Waals surface area contributed by atoms with E-state index in [-0.39, 0.29) is 18.2 Å². The van der Waals surface area contributed by atoms with E-state index in [9.17, 15) is 14.7 Å². The average molecular weight is 562 g/mol. The molecule has 8 nitrogen and oxygen atoms in total. The minimum absolute atomic E-state index is 0.0668. The van der Waals surface area contributed by atoms with E-state index in [0.717, 1.165) is 48.3 Å². The number of carboxylic acids is 1. The van der Waals surface area contributed by atoms with E-state index >= 15 is 0 Å². The number of hydrogen-bond acceptors (Lipinski definition) is 6. The van der Waals surface area contributed by atoms with Gasteiger partial charge in [0.1, 0.15) is 29.5 Å². The molecule has 1 spiro atoms. The SMILES string of the molecule is O=C(O)c1cc(N2C(=O)C3(CC3)c3cc(OCc4c(-c5c(Cl)cccc5Cl)noc4C4CC4)ccc32)ccn1. The predicted molar refractivity (Wildman–Crippen MR) is 144 cm³/mol. The number of carboxylic acid groups (broad SMARTS) is 1. The number of aromatic nitrogens is 2. The fourth-order valence-corrected chi connectivity index (χ4v) is 5.94. The van der Waals surface area contributed by atoms with E-state index in [1.54, 1.807) is 29.2 Å². The number of pyridine rings is 1. The van der Waals surface area contributed by atoms with Gasteiger partial charge in [-0.05, 0) is 73.7 Å². The standard InChI is InChI=1S/C29H21Cl2N3O5/c30-20-2-1-3-21(31)24(20)25-18(26(39-33-25)15-4-5-15)14-38-17-6-7-23-19(13-17)29(9-10-29)28(37)34(23)16-8-11-32-22(12-16)27(35)36/h1-3,6-8,11-13,15H,4-5,9-10,14H2,(H,35,36). The van der Waals surface area contributed by atoms with Gasteiger partial charge < -0.3 is 14.4 Å². The molecule has 1 aliphatic heterocycles. The first-order valence-corrected chi connectivity index (χ1v) is 13.4. The lowest BCUT2D eigenvalue weighted by Crippen LogP contribution is -2.28. The van der Waals surface area contributed by atoms with Crippen molar-refractivity contribution in [2.45, 2.75) is 43.6 Å². The summed E-state index contributed by atoms with van der Waals surface area (Å²) >= 11 is 13.0. The molecule has 10 heteroatoms. The summed E-state index contributed by atoms with van der Waals surface area (Å²) in [7, 11) is 0. The molecule has 7 rings (SSSR count). The number of halogens is 2. The van der Waals surface area contributed by atoms with Gasteiger partial charge in [-0.2, -0.15) is 0 Å². The van der Waals surface area contributed by atoms with Crippen molar-refractivity contribution in [3.8, 4) is 17.0 Å². The van der Waals surface area contributed by atoms with Crippen LogP contribution in [-0.2, 0) is 16.8 Å². The monoisotopic (exact) mass is 561 g/mol. The molecule has 0 saturated heterocycles. The molecule has 4 aromatic rings. The summed E-state index contributed by atoms with van der Waals surface area (Å²) in [6.07, 6.45) is 4.90. The quantitative estimate of drug-likeness (QED) is 0.261. The topological polar surface area (TPSA) is 106 Å². The Morgan fingerprint density at radius 3 is 2.59 bits per heavy atom. The van der Waals surface area contributed by atoms with Crippen LogP contribution in [0.15, 0.2) is 59.3 Å². The highest BCUT2D eigenvalue weighted by Crippen LogP contribution is 2.59. The Morgan fingerprint density at radius 1 is 1.13 bits per heavy atom. The van der Waals surface area contributed by atoms with Gasteiger partial charge in [-0.3, -0.25) is 9.69 Å². The lowest BCUT2D eigenvalue weighted by Gasteiger charge is -2.18. The van der Waals surface area contributed by atoms with Gasteiger partial charge in [-0.1, -0.05) is 34.4 Å². The van der Waals surface area contributed by atoms with Crippen LogP contribution in [0, 0.1) is 0 Å². The summed E-state index contributed by atoms with van der Waals surface area (Å²) in [5, 5.41) is 14.7.